The van der Waals surface area contributed by atoms with E-state index in [0.717, 1.165) is 18.9 Å². The van der Waals surface area contributed by atoms with E-state index in [-0.39, 0.29) is 0 Å². The lowest BCUT2D eigenvalue weighted by molar-refractivity contribution is 0.265. The van der Waals surface area contributed by atoms with Crippen LogP contribution in [0.25, 0.3) is 0 Å². The number of nitrogens with one attached hydrogen (secondary N) is 1. The predicted molar refractivity (Wildman–Crippen MR) is 69.8 cm³/mol. The number of nitrogens with zero attached hydrogens (tertiary/aromatic N) is 1. The maximum atomic E-state index is 4.57. The first kappa shape index (κ1) is 12.1. The maximum Gasteiger partial charge on any atom is 0.0926 e. The minimum atomic E-state index is 0.636. The molecule has 1 aliphatic rings. The zero-order valence-electron chi connectivity index (χ0n) is 10.3. The third-order valence-electron chi connectivity index (χ3n) is 3.45. The monoisotopic (exact) mass is 238 g/mol. The second kappa shape index (κ2) is 5.78. The van der Waals surface area contributed by atoms with Crippen LogP contribution in [0.2, 0.25) is 0 Å². The van der Waals surface area contributed by atoms with Crippen LogP contribution in [0.3, 0.4) is 0 Å². The van der Waals surface area contributed by atoms with Gasteiger partial charge < -0.3 is 5.32 Å². The molecule has 0 aliphatic heterocycles. The summed E-state index contributed by atoms with van der Waals surface area (Å²) < 4.78 is 0. The van der Waals surface area contributed by atoms with Gasteiger partial charge in [-0.1, -0.05) is 26.2 Å². The standard InChI is InChI=1S/C13H22N2S/c1-3-13-15-12(9-16-13)8-14-10(2)7-11-5-4-6-11/h9-11,14H,3-8H2,1-2H3. The number of hydrogen-bond donors (Lipinski definition) is 1. The van der Waals surface area contributed by atoms with Crippen LogP contribution in [0.4, 0.5) is 0 Å². The molecule has 0 spiro atoms. The summed E-state index contributed by atoms with van der Waals surface area (Å²) in [6, 6.07) is 0.636. The lowest BCUT2D eigenvalue weighted by Gasteiger charge is -2.28. The van der Waals surface area contributed by atoms with Crippen molar-refractivity contribution in [3.05, 3.63) is 16.1 Å². The largest absolute Gasteiger partial charge is 0.309 e. The summed E-state index contributed by atoms with van der Waals surface area (Å²) in [6.45, 7) is 5.39. The lowest BCUT2D eigenvalue weighted by atomic mass is 9.81. The fourth-order valence-electron chi connectivity index (χ4n) is 2.18. The zero-order valence-corrected chi connectivity index (χ0v) is 11.1. The van der Waals surface area contributed by atoms with Gasteiger partial charge in [-0.15, -0.1) is 11.3 Å². The molecule has 3 heteroatoms. The highest BCUT2D eigenvalue weighted by atomic mass is 32.1. The Morgan fingerprint density at radius 1 is 1.56 bits per heavy atom. The van der Waals surface area contributed by atoms with Gasteiger partial charge in [-0.2, -0.15) is 0 Å². The molecule has 90 valence electrons. The van der Waals surface area contributed by atoms with E-state index < -0.39 is 0 Å². The highest BCUT2D eigenvalue weighted by Gasteiger charge is 2.19. The molecule has 1 unspecified atom stereocenters. The summed E-state index contributed by atoms with van der Waals surface area (Å²) in [5.41, 5.74) is 1.21. The maximum absolute atomic E-state index is 4.57. The molecule has 2 nitrogen and oxygen atoms in total. The van der Waals surface area contributed by atoms with Crippen molar-refractivity contribution in [1.82, 2.24) is 10.3 Å². The van der Waals surface area contributed by atoms with Crippen molar-refractivity contribution in [3.63, 3.8) is 0 Å². The molecular weight excluding hydrogens is 216 g/mol. The summed E-state index contributed by atoms with van der Waals surface area (Å²) in [6.07, 6.45) is 6.74. The number of aryl methyl sites for hydroxylation is 1. The molecule has 0 radical (unpaired) electrons. The fraction of sp³-hybridized carbons (Fsp3) is 0.769. The first-order chi connectivity index (χ1) is 7.78. The second-order valence-corrected chi connectivity index (χ2v) is 5.84. The van der Waals surface area contributed by atoms with Gasteiger partial charge in [0.05, 0.1) is 10.7 Å². The van der Waals surface area contributed by atoms with Crippen molar-refractivity contribution in [1.29, 1.82) is 0 Å². The van der Waals surface area contributed by atoms with Crippen LogP contribution < -0.4 is 5.32 Å². The van der Waals surface area contributed by atoms with Crippen molar-refractivity contribution >= 4 is 11.3 Å². The minimum Gasteiger partial charge on any atom is -0.309 e. The predicted octanol–water partition coefficient (Wildman–Crippen LogP) is 3.37. The topological polar surface area (TPSA) is 24.9 Å². The molecule has 16 heavy (non-hydrogen) atoms. The molecule has 1 aliphatic carbocycles. The lowest BCUT2D eigenvalue weighted by Crippen LogP contribution is -2.29. The second-order valence-electron chi connectivity index (χ2n) is 4.90. The Balaban J connectivity index is 1.69. The van der Waals surface area contributed by atoms with Crippen LogP contribution in [-0.2, 0) is 13.0 Å². The zero-order chi connectivity index (χ0) is 11.4. The van der Waals surface area contributed by atoms with Crippen LogP contribution in [-0.4, -0.2) is 11.0 Å². The van der Waals surface area contributed by atoms with E-state index >= 15 is 0 Å². The average Bonchev–Trinajstić information content (AvgIpc) is 2.68. The molecule has 1 fully saturated rings. The Morgan fingerprint density at radius 2 is 2.38 bits per heavy atom. The summed E-state index contributed by atoms with van der Waals surface area (Å²) in [4.78, 5) is 4.57. The van der Waals surface area contributed by atoms with E-state index in [0.29, 0.717) is 6.04 Å². The Morgan fingerprint density at radius 3 is 2.94 bits per heavy atom. The van der Waals surface area contributed by atoms with Crippen molar-refractivity contribution in [2.45, 2.75) is 58.5 Å². The Bertz CT molecular complexity index is 317. The van der Waals surface area contributed by atoms with Gasteiger partial charge in [0.1, 0.15) is 0 Å². The molecule has 1 saturated carbocycles. The van der Waals surface area contributed by atoms with Gasteiger partial charge in [0.2, 0.25) is 0 Å². The first-order valence-electron chi connectivity index (χ1n) is 6.44. The average molecular weight is 238 g/mol. The molecule has 0 saturated heterocycles. The number of aromatic nitrogens is 1. The molecule has 1 N–H and O–H groups in total. The van der Waals surface area contributed by atoms with E-state index in [9.17, 15) is 0 Å². The molecule has 1 aromatic heterocycles. The van der Waals surface area contributed by atoms with Crippen molar-refractivity contribution in [2.75, 3.05) is 0 Å². The van der Waals surface area contributed by atoms with Gasteiger partial charge in [-0.05, 0) is 25.7 Å². The van der Waals surface area contributed by atoms with Crippen molar-refractivity contribution in [2.24, 2.45) is 5.92 Å². The third-order valence-corrected chi connectivity index (χ3v) is 4.49. The first-order valence-corrected chi connectivity index (χ1v) is 7.32. The normalized spacial score (nSPS) is 18.4. The smallest absolute Gasteiger partial charge is 0.0926 e. The van der Waals surface area contributed by atoms with Crippen LogP contribution in [0, 0.1) is 5.92 Å². The molecule has 1 heterocycles. The number of rotatable bonds is 6. The Labute approximate surface area is 102 Å². The Kier molecular flexibility index (Phi) is 4.36. The van der Waals surface area contributed by atoms with Crippen LogP contribution in [0.5, 0.6) is 0 Å². The number of thiazole rings is 1. The van der Waals surface area contributed by atoms with Gasteiger partial charge in [0, 0.05) is 18.0 Å². The van der Waals surface area contributed by atoms with Gasteiger partial charge in [0.15, 0.2) is 0 Å². The van der Waals surface area contributed by atoms with Gasteiger partial charge in [-0.25, -0.2) is 4.98 Å². The third kappa shape index (κ3) is 3.29. The molecule has 2 rings (SSSR count). The molecule has 0 amide bonds. The van der Waals surface area contributed by atoms with E-state index in [1.165, 1.54) is 36.4 Å². The van der Waals surface area contributed by atoms with E-state index in [1.807, 2.05) is 0 Å². The van der Waals surface area contributed by atoms with E-state index in [2.05, 4.69) is 29.5 Å². The van der Waals surface area contributed by atoms with Crippen molar-refractivity contribution in [3.8, 4) is 0 Å². The van der Waals surface area contributed by atoms with Crippen LogP contribution in [0.1, 0.15) is 50.2 Å². The molecule has 1 aromatic rings. The molecular formula is C13H22N2S. The SMILES string of the molecule is CCc1nc(CNC(C)CC2CCC2)cs1. The summed E-state index contributed by atoms with van der Waals surface area (Å²) >= 11 is 1.78. The quantitative estimate of drug-likeness (QED) is 0.822. The summed E-state index contributed by atoms with van der Waals surface area (Å²) in [5.74, 6) is 0.990. The van der Waals surface area contributed by atoms with Gasteiger partial charge in [-0.3, -0.25) is 0 Å². The fourth-order valence-corrected chi connectivity index (χ4v) is 2.93. The van der Waals surface area contributed by atoms with Crippen molar-refractivity contribution < 1.29 is 0 Å². The minimum absolute atomic E-state index is 0.636. The van der Waals surface area contributed by atoms with E-state index in [1.54, 1.807) is 11.3 Å². The Hall–Kier alpha value is -0.410. The number of hydrogen-bond acceptors (Lipinski definition) is 3. The van der Waals surface area contributed by atoms with Gasteiger partial charge >= 0.3 is 0 Å². The molecule has 0 bridgehead atoms. The summed E-state index contributed by atoms with van der Waals surface area (Å²) in [7, 11) is 0. The molecule has 0 aromatic carbocycles. The summed E-state index contributed by atoms with van der Waals surface area (Å²) in [5, 5.41) is 7.02. The highest BCUT2D eigenvalue weighted by Crippen LogP contribution is 2.30. The van der Waals surface area contributed by atoms with Gasteiger partial charge in [0.25, 0.3) is 0 Å². The van der Waals surface area contributed by atoms with Crippen LogP contribution in [0.15, 0.2) is 5.38 Å². The highest BCUT2D eigenvalue weighted by molar-refractivity contribution is 7.09. The van der Waals surface area contributed by atoms with E-state index in [4.69, 9.17) is 0 Å². The molecule has 1 atom stereocenters. The van der Waals surface area contributed by atoms with Crippen LogP contribution >= 0.6 is 11.3 Å².